The van der Waals surface area contributed by atoms with E-state index in [1.165, 1.54) is 0 Å². The average molecular weight is 231 g/mol. The van der Waals surface area contributed by atoms with Crippen molar-refractivity contribution in [2.75, 3.05) is 6.61 Å². The van der Waals surface area contributed by atoms with Gasteiger partial charge in [0, 0.05) is 6.61 Å². The van der Waals surface area contributed by atoms with Gasteiger partial charge in [0.1, 0.15) is 5.15 Å². The number of rotatable bonds is 5. The number of nitrogens with zero attached hydrogens (tertiary/aromatic N) is 2. The molecule has 5 heteroatoms. The van der Waals surface area contributed by atoms with Crippen LogP contribution < -0.4 is 0 Å². The van der Waals surface area contributed by atoms with Crippen molar-refractivity contribution in [3.8, 4) is 0 Å². The number of halogens is 1. The second-order valence-electron chi connectivity index (χ2n) is 3.07. The summed E-state index contributed by atoms with van der Waals surface area (Å²) >= 11 is 6.05. The lowest BCUT2D eigenvalue weighted by molar-refractivity contribution is -0.0982. The molecular weight excluding hydrogens is 216 g/mol. The molecule has 1 atom stereocenters. The Kier molecular flexibility index (Phi) is 4.32. The molecule has 1 N–H and O–H groups in total. The topological polar surface area (TPSA) is 47.3 Å². The molecule has 0 saturated carbocycles. The van der Waals surface area contributed by atoms with E-state index in [-0.39, 0.29) is 0 Å². The summed E-state index contributed by atoms with van der Waals surface area (Å²) in [5.41, 5.74) is 1.20. The van der Waals surface area contributed by atoms with E-state index in [0.717, 1.165) is 0 Å². The zero-order chi connectivity index (χ0) is 11.4. The molecule has 84 valence electrons. The molecule has 4 nitrogen and oxygen atoms in total. The van der Waals surface area contributed by atoms with Gasteiger partial charge in [-0.05, 0) is 13.8 Å². The molecule has 1 unspecified atom stereocenters. The van der Waals surface area contributed by atoms with Crippen molar-refractivity contribution >= 4 is 11.6 Å². The summed E-state index contributed by atoms with van der Waals surface area (Å²) in [7, 11) is 0. The highest BCUT2D eigenvalue weighted by Gasteiger charge is 2.20. The van der Waals surface area contributed by atoms with Gasteiger partial charge in [0.2, 0.25) is 0 Å². The first-order valence-corrected chi connectivity index (χ1v) is 5.13. The third-order valence-electron chi connectivity index (χ3n) is 1.98. The van der Waals surface area contributed by atoms with Crippen LogP contribution in [0.1, 0.15) is 24.5 Å². The summed E-state index contributed by atoms with van der Waals surface area (Å²) in [5.74, 6) is 0. The van der Waals surface area contributed by atoms with Gasteiger partial charge >= 0.3 is 0 Å². The normalized spacial score (nSPS) is 12.8. The second-order valence-corrected chi connectivity index (χ2v) is 3.43. The molecule has 1 rings (SSSR count). The van der Waals surface area contributed by atoms with E-state index >= 15 is 0 Å². The van der Waals surface area contributed by atoms with Crippen molar-refractivity contribution < 1.29 is 9.84 Å². The first kappa shape index (κ1) is 12.2. The van der Waals surface area contributed by atoms with Gasteiger partial charge in [-0.3, -0.25) is 0 Å². The Hall–Kier alpha value is -0.840. The van der Waals surface area contributed by atoms with Crippen molar-refractivity contribution in [2.45, 2.75) is 26.7 Å². The molecule has 0 aliphatic heterocycles. The van der Waals surface area contributed by atoms with Gasteiger partial charge in [-0.15, -0.1) is 6.58 Å². The van der Waals surface area contributed by atoms with Gasteiger partial charge in [-0.1, -0.05) is 17.7 Å². The number of aryl methyl sites for hydroxylation is 1. The van der Waals surface area contributed by atoms with Crippen LogP contribution in [-0.4, -0.2) is 21.5 Å². The fourth-order valence-corrected chi connectivity index (χ4v) is 1.67. The largest absolute Gasteiger partial charge is 0.364 e. The zero-order valence-electron chi connectivity index (χ0n) is 8.90. The highest BCUT2D eigenvalue weighted by atomic mass is 35.5. The predicted octanol–water partition coefficient (Wildman–Crippen LogP) is 2.06. The van der Waals surface area contributed by atoms with Gasteiger partial charge in [-0.2, -0.15) is 5.10 Å². The highest BCUT2D eigenvalue weighted by Crippen LogP contribution is 2.27. The predicted molar refractivity (Wildman–Crippen MR) is 58.8 cm³/mol. The third kappa shape index (κ3) is 2.59. The van der Waals surface area contributed by atoms with E-state index in [4.69, 9.17) is 16.3 Å². The summed E-state index contributed by atoms with van der Waals surface area (Å²) in [6, 6.07) is 0. The summed E-state index contributed by atoms with van der Waals surface area (Å²) in [4.78, 5) is 0. The number of allylic oxidation sites excluding steroid dienone is 1. The zero-order valence-corrected chi connectivity index (χ0v) is 9.66. The van der Waals surface area contributed by atoms with Crippen LogP contribution in [0.5, 0.6) is 0 Å². The minimum Gasteiger partial charge on any atom is -0.364 e. The lowest BCUT2D eigenvalue weighted by Gasteiger charge is -2.09. The monoisotopic (exact) mass is 230 g/mol. The lowest BCUT2D eigenvalue weighted by Crippen LogP contribution is -2.04. The Morgan fingerprint density at radius 1 is 1.73 bits per heavy atom. The van der Waals surface area contributed by atoms with Crippen molar-refractivity contribution in [1.82, 2.24) is 9.78 Å². The Bertz CT molecular complexity index is 349. The molecule has 1 heterocycles. The van der Waals surface area contributed by atoms with Gasteiger partial charge < -0.3 is 9.84 Å². The molecular formula is C10H15ClN2O2. The molecule has 0 radical (unpaired) electrons. The van der Waals surface area contributed by atoms with Crippen LogP contribution in [0, 0.1) is 6.92 Å². The van der Waals surface area contributed by atoms with Crippen LogP contribution in [0.3, 0.4) is 0 Å². The molecule has 1 aromatic rings. The Morgan fingerprint density at radius 2 is 2.40 bits per heavy atom. The number of aliphatic hydroxyl groups is 1. The van der Waals surface area contributed by atoms with E-state index in [0.29, 0.717) is 29.6 Å². The third-order valence-corrected chi connectivity index (χ3v) is 2.38. The van der Waals surface area contributed by atoms with Crippen LogP contribution in [-0.2, 0) is 11.3 Å². The van der Waals surface area contributed by atoms with Crippen LogP contribution in [0.25, 0.3) is 0 Å². The minimum atomic E-state index is -1.01. The van der Waals surface area contributed by atoms with Crippen molar-refractivity contribution in [1.29, 1.82) is 0 Å². The average Bonchev–Trinajstić information content (AvgIpc) is 2.43. The van der Waals surface area contributed by atoms with E-state index < -0.39 is 6.29 Å². The summed E-state index contributed by atoms with van der Waals surface area (Å²) in [6.07, 6.45) is 0.677. The SMILES string of the molecule is C=CCn1nc(C)c(C(O)OCC)c1Cl. The quantitative estimate of drug-likeness (QED) is 0.622. The Labute approximate surface area is 94.1 Å². The van der Waals surface area contributed by atoms with Gasteiger partial charge in [0.05, 0.1) is 17.8 Å². The standard InChI is InChI=1S/C10H15ClN2O2/c1-4-6-13-9(11)8(7(3)12-13)10(14)15-5-2/h4,10,14H,1,5-6H2,2-3H3. The van der Waals surface area contributed by atoms with E-state index in [1.807, 2.05) is 0 Å². The smallest absolute Gasteiger partial charge is 0.185 e. The van der Waals surface area contributed by atoms with Gasteiger partial charge in [0.25, 0.3) is 0 Å². The molecule has 0 fully saturated rings. The number of aromatic nitrogens is 2. The van der Waals surface area contributed by atoms with Crippen molar-refractivity contribution in [3.05, 3.63) is 29.1 Å². The molecule has 15 heavy (non-hydrogen) atoms. The van der Waals surface area contributed by atoms with E-state index in [1.54, 1.807) is 24.6 Å². The summed E-state index contributed by atoms with van der Waals surface area (Å²) in [5, 5.41) is 14.3. The fraction of sp³-hybridized carbons (Fsp3) is 0.500. The maximum absolute atomic E-state index is 9.68. The van der Waals surface area contributed by atoms with Crippen LogP contribution in [0.4, 0.5) is 0 Å². The first-order valence-electron chi connectivity index (χ1n) is 4.75. The second kappa shape index (κ2) is 5.30. The summed E-state index contributed by atoms with van der Waals surface area (Å²) < 4.78 is 6.64. The van der Waals surface area contributed by atoms with Crippen LogP contribution >= 0.6 is 11.6 Å². The van der Waals surface area contributed by atoms with Crippen LogP contribution in [0.2, 0.25) is 5.15 Å². The molecule has 0 bridgehead atoms. The number of hydrogen-bond donors (Lipinski definition) is 1. The molecule has 0 saturated heterocycles. The number of ether oxygens (including phenoxy) is 1. The Balaban J connectivity index is 3.01. The lowest BCUT2D eigenvalue weighted by atomic mass is 10.2. The number of hydrogen-bond acceptors (Lipinski definition) is 3. The maximum atomic E-state index is 9.68. The molecule has 0 aliphatic carbocycles. The first-order chi connectivity index (χ1) is 7.11. The van der Waals surface area contributed by atoms with E-state index in [9.17, 15) is 5.11 Å². The van der Waals surface area contributed by atoms with Gasteiger partial charge in [-0.25, -0.2) is 4.68 Å². The highest BCUT2D eigenvalue weighted by molar-refractivity contribution is 6.30. The number of aliphatic hydroxyl groups excluding tert-OH is 1. The van der Waals surface area contributed by atoms with Crippen LogP contribution in [0.15, 0.2) is 12.7 Å². The molecule has 0 spiro atoms. The fourth-order valence-electron chi connectivity index (χ4n) is 1.33. The van der Waals surface area contributed by atoms with Crippen molar-refractivity contribution in [2.24, 2.45) is 0 Å². The minimum absolute atomic E-state index is 0.397. The summed E-state index contributed by atoms with van der Waals surface area (Å²) in [6.45, 7) is 8.12. The molecule has 0 aliphatic rings. The molecule has 0 amide bonds. The molecule has 1 aromatic heterocycles. The van der Waals surface area contributed by atoms with E-state index in [2.05, 4.69) is 11.7 Å². The maximum Gasteiger partial charge on any atom is 0.185 e. The van der Waals surface area contributed by atoms with Gasteiger partial charge in [0.15, 0.2) is 6.29 Å². The van der Waals surface area contributed by atoms with Crippen molar-refractivity contribution in [3.63, 3.8) is 0 Å². The Morgan fingerprint density at radius 3 is 2.93 bits per heavy atom. The molecule has 0 aromatic carbocycles.